The third kappa shape index (κ3) is 5.48. The van der Waals surface area contributed by atoms with Crippen molar-refractivity contribution in [2.45, 2.75) is 13.3 Å². The van der Waals surface area contributed by atoms with Gasteiger partial charge in [0, 0.05) is 51.9 Å². The molecule has 9 heteroatoms. The first-order chi connectivity index (χ1) is 13.8. The Balaban J connectivity index is 1.57. The molecule has 1 aromatic rings. The second-order valence-electron chi connectivity index (χ2n) is 7.60. The van der Waals surface area contributed by atoms with Crippen LogP contribution in [0.4, 0.5) is 5.69 Å². The lowest BCUT2D eigenvalue weighted by atomic mass is 10.1. The van der Waals surface area contributed by atoms with Crippen LogP contribution in [-0.2, 0) is 19.4 Å². The van der Waals surface area contributed by atoms with Crippen LogP contribution in [-0.4, -0.2) is 87.9 Å². The van der Waals surface area contributed by atoms with Crippen molar-refractivity contribution in [2.24, 2.45) is 5.92 Å². The van der Waals surface area contributed by atoms with Crippen LogP contribution in [0, 0.1) is 5.92 Å². The Morgan fingerprint density at radius 1 is 1.17 bits per heavy atom. The van der Waals surface area contributed by atoms with E-state index in [-0.39, 0.29) is 29.9 Å². The highest BCUT2D eigenvalue weighted by molar-refractivity contribution is 7.90. The van der Waals surface area contributed by atoms with E-state index in [0.29, 0.717) is 57.3 Å². The fraction of sp³-hybridized carbons (Fsp3) is 0.600. The average Bonchev–Trinajstić information content (AvgIpc) is 3.08. The molecule has 29 heavy (non-hydrogen) atoms. The van der Waals surface area contributed by atoms with Gasteiger partial charge in [-0.25, -0.2) is 8.42 Å². The normalized spacial score (nSPS) is 20.9. The van der Waals surface area contributed by atoms with E-state index in [9.17, 15) is 18.0 Å². The molecule has 2 aliphatic heterocycles. The van der Waals surface area contributed by atoms with Crippen LogP contribution in [0.5, 0.6) is 5.75 Å². The highest BCUT2D eigenvalue weighted by Crippen LogP contribution is 2.33. The number of anilines is 1. The van der Waals surface area contributed by atoms with Gasteiger partial charge in [-0.3, -0.25) is 14.5 Å². The van der Waals surface area contributed by atoms with Crippen LogP contribution in [0.2, 0.25) is 0 Å². The lowest BCUT2D eigenvalue weighted by Crippen LogP contribution is -2.51. The van der Waals surface area contributed by atoms with Gasteiger partial charge in [0.05, 0.1) is 24.0 Å². The Kier molecular flexibility index (Phi) is 6.79. The molecule has 8 nitrogen and oxygen atoms in total. The van der Waals surface area contributed by atoms with E-state index >= 15 is 0 Å². The fourth-order valence-electron chi connectivity index (χ4n) is 3.81. The second-order valence-corrected chi connectivity index (χ2v) is 9.86. The van der Waals surface area contributed by atoms with Crippen LogP contribution in [0.15, 0.2) is 24.3 Å². The minimum atomic E-state index is -2.99. The van der Waals surface area contributed by atoms with Crippen molar-refractivity contribution in [3.05, 3.63) is 24.3 Å². The maximum absolute atomic E-state index is 13.0. The van der Waals surface area contributed by atoms with Crippen molar-refractivity contribution in [3.8, 4) is 5.75 Å². The number of hydrogen-bond donors (Lipinski definition) is 0. The molecule has 0 aromatic heterocycles. The number of carbonyl (C=O) groups is 2. The predicted octanol–water partition coefficient (Wildman–Crippen LogP) is 0.627. The molecule has 1 unspecified atom stereocenters. The standard InChI is InChI=1S/C20H29N3O5S/c1-3-28-18-7-5-4-6-17(18)23-15-16(14-19(23)24)20(25)22-10-8-21(9-11-22)12-13-29(2,26)27/h4-7,16H,3,8-15H2,1-2H3. The molecule has 0 bridgehead atoms. The van der Waals surface area contributed by atoms with Gasteiger partial charge in [0.25, 0.3) is 0 Å². The van der Waals surface area contributed by atoms with E-state index in [1.807, 2.05) is 31.2 Å². The zero-order chi connectivity index (χ0) is 21.0. The van der Waals surface area contributed by atoms with Gasteiger partial charge in [-0.1, -0.05) is 12.1 Å². The van der Waals surface area contributed by atoms with Gasteiger partial charge in [-0.2, -0.15) is 0 Å². The molecule has 0 radical (unpaired) electrons. The topological polar surface area (TPSA) is 87.2 Å². The summed E-state index contributed by atoms with van der Waals surface area (Å²) in [5.41, 5.74) is 0.709. The molecule has 3 rings (SSSR count). The Labute approximate surface area is 172 Å². The molecule has 0 saturated carbocycles. The number of para-hydroxylation sites is 2. The molecule has 2 fully saturated rings. The summed E-state index contributed by atoms with van der Waals surface area (Å²) in [6.07, 6.45) is 1.44. The van der Waals surface area contributed by atoms with E-state index in [1.54, 1.807) is 9.80 Å². The molecule has 1 aromatic carbocycles. The van der Waals surface area contributed by atoms with Crippen molar-refractivity contribution in [3.63, 3.8) is 0 Å². The van der Waals surface area contributed by atoms with Crippen LogP contribution >= 0.6 is 0 Å². The SMILES string of the molecule is CCOc1ccccc1N1CC(C(=O)N2CCN(CCS(C)(=O)=O)CC2)CC1=O. The Morgan fingerprint density at radius 3 is 2.52 bits per heavy atom. The largest absolute Gasteiger partial charge is 0.492 e. The molecular weight excluding hydrogens is 394 g/mol. The van der Waals surface area contributed by atoms with Crippen LogP contribution < -0.4 is 9.64 Å². The second kappa shape index (κ2) is 9.13. The van der Waals surface area contributed by atoms with Crippen LogP contribution in [0.25, 0.3) is 0 Å². The molecule has 1 atom stereocenters. The van der Waals surface area contributed by atoms with Gasteiger partial charge < -0.3 is 14.5 Å². The summed E-state index contributed by atoms with van der Waals surface area (Å²) >= 11 is 0. The summed E-state index contributed by atoms with van der Waals surface area (Å²) in [5, 5.41) is 0. The van der Waals surface area contributed by atoms with E-state index < -0.39 is 9.84 Å². The predicted molar refractivity (Wildman–Crippen MR) is 111 cm³/mol. The molecule has 0 aliphatic carbocycles. The molecule has 2 aliphatic rings. The fourth-order valence-corrected chi connectivity index (χ4v) is 4.40. The van der Waals surface area contributed by atoms with E-state index in [2.05, 4.69) is 4.90 Å². The first-order valence-electron chi connectivity index (χ1n) is 9.99. The van der Waals surface area contributed by atoms with Gasteiger partial charge in [0.2, 0.25) is 11.8 Å². The minimum Gasteiger partial charge on any atom is -0.492 e. The highest BCUT2D eigenvalue weighted by Gasteiger charge is 2.38. The van der Waals surface area contributed by atoms with E-state index in [4.69, 9.17) is 4.74 Å². The van der Waals surface area contributed by atoms with E-state index in [0.717, 1.165) is 0 Å². The highest BCUT2D eigenvalue weighted by atomic mass is 32.2. The first-order valence-corrected chi connectivity index (χ1v) is 12.1. The average molecular weight is 424 g/mol. The zero-order valence-corrected chi connectivity index (χ0v) is 17.9. The Bertz CT molecular complexity index is 849. The van der Waals surface area contributed by atoms with Gasteiger partial charge in [0.1, 0.15) is 15.6 Å². The summed E-state index contributed by atoms with van der Waals surface area (Å²) in [4.78, 5) is 31.1. The van der Waals surface area contributed by atoms with Gasteiger partial charge in [0.15, 0.2) is 0 Å². The Morgan fingerprint density at radius 2 is 1.86 bits per heavy atom. The molecule has 0 N–H and O–H groups in total. The maximum atomic E-state index is 13.0. The van der Waals surface area contributed by atoms with Crippen molar-refractivity contribution in [1.82, 2.24) is 9.80 Å². The van der Waals surface area contributed by atoms with Crippen molar-refractivity contribution in [2.75, 3.05) is 62.8 Å². The lowest BCUT2D eigenvalue weighted by Gasteiger charge is -2.35. The summed E-state index contributed by atoms with van der Waals surface area (Å²) in [6.45, 7) is 5.67. The van der Waals surface area contributed by atoms with Gasteiger partial charge >= 0.3 is 0 Å². The smallest absolute Gasteiger partial charge is 0.228 e. The molecule has 160 valence electrons. The summed E-state index contributed by atoms with van der Waals surface area (Å²) in [7, 11) is -2.99. The first kappa shape index (κ1) is 21.6. The molecule has 2 heterocycles. The number of ether oxygens (including phenoxy) is 1. The van der Waals surface area contributed by atoms with Gasteiger partial charge in [-0.05, 0) is 19.1 Å². The number of rotatable bonds is 7. The van der Waals surface area contributed by atoms with E-state index in [1.165, 1.54) is 6.26 Å². The number of sulfone groups is 1. The van der Waals surface area contributed by atoms with Crippen molar-refractivity contribution >= 4 is 27.3 Å². The van der Waals surface area contributed by atoms with Crippen LogP contribution in [0.3, 0.4) is 0 Å². The number of amides is 2. The van der Waals surface area contributed by atoms with Gasteiger partial charge in [-0.15, -0.1) is 0 Å². The number of piperazine rings is 1. The number of hydrogen-bond acceptors (Lipinski definition) is 6. The third-order valence-electron chi connectivity index (χ3n) is 5.39. The lowest BCUT2D eigenvalue weighted by molar-refractivity contribution is -0.137. The van der Waals surface area contributed by atoms with Crippen molar-refractivity contribution in [1.29, 1.82) is 0 Å². The monoisotopic (exact) mass is 423 g/mol. The summed E-state index contributed by atoms with van der Waals surface area (Å²) in [6, 6.07) is 7.39. The molecule has 2 saturated heterocycles. The molecule has 0 spiro atoms. The summed E-state index contributed by atoms with van der Waals surface area (Å²) in [5.74, 6) is 0.349. The Hall–Kier alpha value is -2.13. The van der Waals surface area contributed by atoms with Crippen molar-refractivity contribution < 1.29 is 22.7 Å². The number of nitrogens with zero attached hydrogens (tertiary/aromatic N) is 3. The third-order valence-corrected chi connectivity index (χ3v) is 6.32. The number of carbonyl (C=O) groups excluding carboxylic acids is 2. The molecular formula is C20H29N3O5S. The quantitative estimate of drug-likeness (QED) is 0.639. The zero-order valence-electron chi connectivity index (χ0n) is 17.0. The summed E-state index contributed by atoms with van der Waals surface area (Å²) < 4.78 is 28.3. The minimum absolute atomic E-state index is 0.00231. The maximum Gasteiger partial charge on any atom is 0.228 e. The molecule has 2 amide bonds. The number of benzene rings is 1. The van der Waals surface area contributed by atoms with Crippen LogP contribution in [0.1, 0.15) is 13.3 Å².